The van der Waals surface area contributed by atoms with E-state index in [1.165, 1.54) is 25.7 Å². The van der Waals surface area contributed by atoms with Crippen LogP contribution in [0.15, 0.2) is 24.3 Å². The molecule has 1 amide bonds. The lowest BCUT2D eigenvalue weighted by atomic mass is 9.98. The molecule has 0 unspecified atom stereocenters. The summed E-state index contributed by atoms with van der Waals surface area (Å²) in [6, 6.07) is 7.59. The van der Waals surface area contributed by atoms with Crippen LogP contribution in [0, 0.1) is 17.8 Å². The van der Waals surface area contributed by atoms with Gasteiger partial charge in [-0.3, -0.25) is 4.79 Å². The summed E-state index contributed by atoms with van der Waals surface area (Å²) in [6.07, 6.45) is 5.85. The van der Waals surface area contributed by atoms with Gasteiger partial charge in [0.25, 0.3) is 0 Å². The molecule has 1 aromatic carbocycles. The van der Waals surface area contributed by atoms with Crippen LogP contribution in [0.3, 0.4) is 0 Å². The summed E-state index contributed by atoms with van der Waals surface area (Å²) in [6.45, 7) is 0.862. The molecular weight excluding hydrogens is 236 g/mol. The highest BCUT2D eigenvalue weighted by Gasteiger charge is 2.41. The highest BCUT2D eigenvalue weighted by molar-refractivity contribution is 5.80. The first-order chi connectivity index (χ1) is 9.24. The number of carbonyl (C=O) groups is 1. The van der Waals surface area contributed by atoms with Gasteiger partial charge in [0, 0.05) is 12.2 Å². The van der Waals surface area contributed by atoms with E-state index in [-0.39, 0.29) is 5.91 Å². The Morgan fingerprint density at radius 1 is 1.21 bits per heavy atom. The Kier molecular flexibility index (Phi) is 3.45. The van der Waals surface area contributed by atoms with Crippen molar-refractivity contribution >= 4 is 11.6 Å². The van der Waals surface area contributed by atoms with Gasteiger partial charge in [-0.2, -0.15) is 0 Å². The monoisotopic (exact) mass is 258 g/mol. The molecule has 0 aliphatic heterocycles. The predicted molar refractivity (Wildman–Crippen MR) is 76.5 cm³/mol. The third kappa shape index (κ3) is 3.28. The first-order valence-corrected chi connectivity index (χ1v) is 7.34. The molecule has 3 nitrogen and oxygen atoms in total. The van der Waals surface area contributed by atoms with Crippen molar-refractivity contribution in [2.45, 2.75) is 32.1 Å². The van der Waals surface area contributed by atoms with E-state index >= 15 is 0 Å². The average molecular weight is 258 g/mol. The highest BCUT2D eigenvalue weighted by atomic mass is 16.1. The molecule has 0 bridgehead atoms. The van der Waals surface area contributed by atoms with E-state index in [1.54, 1.807) is 0 Å². The van der Waals surface area contributed by atoms with Crippen LogP contribution in [0.2, 0.25) is 0 Å². The molecule has 102 valence electrons. The number of nitrogens with one attached hydrogen (secondary N) is 1. The molecule has 2 aliphatic carbocycles. The fourth-order valence-electron chi connectivity index (χ4n) is 2.93. The molecule has 2 fully saturated rings. The molecule has 2 aliphatic rings. The van der Waals surface area contributed by atoms with E-state index in [9.17, 15) is 4.79 Å². The maximum Gasteiger partial charge on any atom is 0.224 e. The van der Waals surface area contributed by atoms with E-state index in [1.807, 2.05) is 24.3 Å². The van der Waals surface area contributed by atoms with Gasteiger partial charge in [0.15, 0.2) is 0 Å². The first kappa shape index (κ1) is 12.5. The van der Waals surface area contributed by atoms with Crippen molar-refractivity contribution in [1.82, 2.24) is 5.32 Å². The number of rotatable bonds is 6. The summed E-state index contributed by atoms with van der Waals surface area (Å²) in [4.78, 5) is 12.0. The lowest BCUT2D eigenvalue weighted by molar-refractivity contribution is -0.120. The molecule has 19 heavy (non-hydrogen) atoms. The summed E-state index contributed by atoms with van der Waals surface area (Å²) in [5.41, 5.74) is 7.49. The smallest absolute Gasteiger partial charge is 0.224 e. The summed E-state index contributed by atoms with van der Waals surface area (Å²) in [7, 11) is 0. The Morgan fingerprint density at radius 2 is 1.84 bits per heavy atom. The number of amides is 1. The van der Waals surface area contributed by atoms with Crippen molar-refractivity contribution in [3.8, 4) is 0 Å². The lowest BCUT2D eigenvalue weighted by Crippen LogP contribution is -2.32. The van der Waals surface area contributed by atoms with Gasteiger partial charge in [-0.15, -0.1) is 0 Å². The summed E-state index contributed by atoms with van der Waals surface area (Å²) in [5, 5.41) is 3.11. The van der Waals surface area contributed by atoms with E-state index in [0.717, 1.165) is 29.9 Å². The van der Waals surface area contributed by atoms with Crippen LogP contribution in [0.4, 0.5) is 5.69 Å². The molecule has 0 radical (unpaired) electrons. The number of hydrogen-bond acceptors (Lipinski definition) is 2. The third-order valence-electron chi connectivity index (χ3n) is 4.40. The normalized spacial score (nSPS) is 18.6. The van der Waals surface area contributed by atoms with Crippen molar-refractivity contribution in [2.24, 2.45) is 17.8 Å². The number of para-hydroxylation sites is 1. The second-order valence-electron chi connectivity index (χ2n) is 6.02. The zero-order chi connectivity index (χ0) is 13.2. The Balaban J connectivity index is 1.49. The van der Waals surface area contributed by atoms with Gasteiger partial charge in [0.1, 0.15) is 0 Å². The van der Waals surface area contributed by atoms with Crippen molar-refractivity contribution in [1.29, 1.82) is 0 Å². The Morgan fingerprint density at radius 3 is 2.42 bits per heavy atom. The molecule has 1 aromatic rings. The molecule has 0 atom stereocenters. The van der Waals surface area contributed by atoms with Crippen LogP contribution in [0.5, 0.6) is 0 Å². The van der Waals surface area contributed by atoms with Gasteiger partial charge >= 0.3 is 0 Å². The van der Waals surface area contributed by atoms with Crippen LogP contribution >= 0.6 is 0 Å². The Hall–Kier alpha value is -1.51. The van der Waals surface area contributed by atoms with E-state index in [2.05, 4.69) is 5.32 Å². The maximum absolute atomic E-state index is 12.0. The number of hydrogen-bond donors (Lipinski definition) is 2. The topological polar surface area (TPSA) is 55.1 Å². The van der Waals surface area contributed by atoms with Crippen molar-refractivity contribution in [3.05, 3.63) is 29.8 Å². The Labute approximate surface area is 114 Å². The number of anilines is 1. The fourth-order valence-corrected chi connectivity index (χ4v) is 2.93. The molecule has 3 N–H and O–H groups in total. The maximum atomic E-state index is 12.0. The van der Waals surface area contributed by atoms with Crippen LogP contribution in [0.25, 0.3) is 0 Å². The second-order valence-corrected chi connectivity index (χ2v) is 6.02. The SMILES string of the molecule is Nc1ccccc1CC(=O)NCC(C1CC1)C1CC1. The number of nitrogen functional groups attached to an aromatic ring is 1. The van der Waals surface area contributed by atoms with Crippen LogP contribution in [0.1, 0.15) is 31.2 Å². The molecule has 3 heteroatoms. The van der Waals surface area contributed by atoms with Crippen LogP contribution < -0.4 is 11.1 Å². The minimum atomic E-state index is 0.101. The Bertz CT molecular complexity index is 452. The summed E-state index contributed by atoms with van der Waals surface area (Å²) >= 11 is 0. The zero-order valence-electron chi connectivity index (χ0n) is 11.3. The second kappa shape index (κ2) is 5.24. The van der Waals surface area contributed by atoms with Gasteiger partial charge in [-0.25, -0.2) is 0 Å². The minimum absolute atomic E-state index is 0.101. The standard InChI is InChI=1S/C16H22N2O/c17-15-4-2-1-3-13(15)9-16(19)18-10-14(11-5-6-11)12-7-8-12/h1-4,11-12,14H,5-10,17H2,(H,18,19). The quantitative estimate of drug-likeness (QED) is 0.770. The molecule has 0 spiro atoms. The van der Waals surface area contributed by atoms with Crippen LogP contribution in [-0.2, 0) is 11.2 Å². The van der Waals surface area contributed by atoms with Gasteiger partial charge in [0.2, 0.25) is 5.91 Å². The van der Waals surface area contributed by atoms with E-state index < -0.39 is 0 Å². The summed E-state index contributed by atoms with van der Waals surface area (Å²) < 4.78 is 0. The predicted octanol–water partition coefficient (Wildman–Crippen LogP) is 2.36. The van der Waals surface area contributed by atoms with Crippen molar-refractivity contribution in [2.75, 3.05) is 12.3 Å². The first-order valence-electron chi connectivity index (χ1n) is 7.34. The molecule has 0 heterocycles. The molecule has 0 saturated heterocycles. The van der Waals surface area contributed by atoms with Crippen molar-refractivity contribution < 1.29 is 4.79 Å². The van der Waals surface area contributed by atoms with Crippen molar-refractivity contribution in [3.63, 3.8) is 0 Å². The van der Waals surface area contributed by atoms with E-state index in [0.29, 0.717) is 12.1 Å². The van der Waals surface area contributed by atoms with Gasteiger partial charge in [0.05, 0.1) is 6.42 Å². The molecular formula is C16H22N2O. The molecule has 0 aromatic heterocycles. The average Bonchev–Trinajstić information content (AvgIpc) is 3.26. The number of benzene rings is 1. The molecule has 2 saturated carbocycles. The van der Waals surface area contributed by atoms with Gasteiger partial charge in [-0.05, 0) is 55.1 Å². The van der Waals surface area contributed by atoms with Gasteiger partial charge in [-0.1, -0.05) is 18.2 Å². The lowest BCUT2D eigenvalue weighted by Gasteiger charge is -2.16. The largest absolute Gasteiger partial charge is 0.398 e. The number of nitrogens with two attached hydrogens (primary N) is 1. The number of carbonyl (C=O) groups excluding carboxylic acids is 1. The third-order valence-corrected chi connectivity index (χ3v) is 4.40. The van der Waals surface area contributed by atoms with Crippen LogP contribution in [-0.4, -0.2) is 12.5 Å². The summed E-state index contributed by atoms with van der Waals surface area (Å²) in [5.74, 6) is 2.60. The zero-order valence-corrected chi connectivity index (χ0v) is 11.3. The molecule has 3 rings (SSSR count). The fraction of sp³-hybridized carbons (Fsp3) is 0.562. The minimum Gasteiger partial charge on any atom is -0.398 e. The highest BCUT2D eigenvalue weighted by Crippen LogP contribution is 2.48. The van der Waals surface area contributed by atoms with E-state index in [4.69, 9.17) is 5.73 Å². The van der Waals surface area contributed by atoms with Gasteiger partial charge < -0.3 is 11.1 Å².